The normalized spacial score (nSPS) is 28.1. The first-order valence-corrected chi connectivity index (χ1v) is 9.98. The van der Waals surface area contributed by atoms with Gasteiger partial charge < -0.3 is 5.32 Å². The van der Waals surface area contributed by atoms with Gasteiger partial charge in [-0.05, 0) is 47.9 Å². The zero-order valence-corrected chi connectivity index (χ0v) is 15.3. The van der Waals surface area contributed by atoms with Gasteiger partial charge in [0.15, 0.2) is 0 Å². The van der Waals surface area contributed by atoms with Crippen molar-refractivity contribution in [3.8, 4) is 0 Å². The Labute approximate surface area is 160 Å². The van der Waals surface area contributed by atoms with Crippen LogP contribution >= 0.6 is 11.3 Å². The third kappa shape index (κ3) is 2.55. The Kier molecular flexibility index (Phi) is 3.75. The van der Waals surface area contributed by atoms with Crippen LogP contribution in [0.2, 0.25) is 0 Å². The Bertz CT molecular complexity index is 936. The van der Waals surface area contributed by atoms with Crippen molar-refractivity contribution in [2.45, 2.75) is 13.0 Å². The molecule has 1 N–H and O–H groups in total. The van der Waals surface area contributed by atoms with Gasteiger partial charge in [-0.15, -0.1) is 11.3 Å². The van der Waals surface area contributed by atoms with Crippen LogP contribution in [0, 0.1) is 23.7 Å². The lowest BCUT2D eigenvalue weighted by Crippen LogP contribution is -2.33. The van der Waals surface area contributed by atoms with Crippen LogP contribution in [0.4, 0.5) is 5.69 Å². The number of nitrogens with one attached hydrogen (secondary N) is 1. The van der Waals surface area contributed by atoms with Crippen molar-refractivity contribution in [3.63, 3.8) is 0 Å². The molecular weight excluding hydrogens is 360 g/mol. The highest BCUT2D eigenvalue weighted by atomic mass is 32.1. The van der Waals surface area contributed by atoms with Crippen molar-refractivity contribution < 1.29 is 14.4 Å². The Morgan fingerprint density at radius 2 is 1.81 bits per heavy atom. The predicted octanol–water partition coefficient (Wildman–Crippen LogP) is 2.99. The number of hydrogen-bond acceptors (Lipinski definition) is 4. The van der Waals surface area contributed by atoms with Crippen LogP contribution in [0.25, 0.3) is 0 Å². The van der Waals surface area contributed by atoms with Gasteiger partial charge in [0.25, 0.3) is 5.91 Å². The summed E-state index contributed by atoms with van der Waals surface area (Å²) < 4.78 is 0. The molecule has 1 saturated carbocycles. The van der Waals surface area contributed by atoms with Gasteiger partial charge in [0.05, 0.1) is 24.1 Å². The summed E-state index contributed by atoms with van der Waals surface area (Å²) in [5.41, 5.74) is 0.936. The molecule has 2 aromatic rings. The highest BCUT2D eigenvalue weighted by Crippen LogP contribution is 2.53. The molecule has 3 aliphatic rings. The highest BCUT2D eigenvalue weighted by Gasteiger charge is 2.59. The van der Waals surface area contributed by atoms with E-state index < -0.39 is 0 Å². The van der Waals surface area contributed by atoms with Crippen molar-refractivity contribution in [2.75, 3.05) is 4.90 Å². The maximum atomic E-state index is 12.9. The molecule has 1 aromatic carbocycles. The minimum Gasteiger partial charge on any atom is -0.347 e. The number of carbonyl (C=O) groups is 3. The van der Waals surface area contributed by atoms with Crippen LogP contribution in [0.15, 0.2) is 53.9 Å². The van der Waals surface area contributed by atoms with Crippen molar-refractivity contribution in [3.05, 3.63) is 64.4 Å². The summed E-state index contributed by atoms with van der Waals surface area (Å²) in [7, 11) is 0. The summed E-state index contributed by atoms with van der Waals surface area (Å²) in [6, 6.07) is 10.7. The first kappa shape index (κ1) is 16.4. The van der Waals surface area contributed by atoms with Gasteiger partial charge in [-0.3, -0.25) is 14.4 Å². The lowest BCUT2D eigenvalue weighted by Gasteiger charge is -2.18. The summed E-state index contributed by atoms with van der Waals surface area (Å²) >= 11 is 1.58. The molecule has 136 valence electrons. The third-order valence-corrected chi connectivity index (χ3v) is 6.72. The molecule has 6 heteroatoms. The Hall–Kier alpha value is -2.73. The Morgan fingerprint density at radius 3 is 2.48 bits per heavy atom. The van der Waals surface area contributed by atoms with Crippen molar-refractivity contribution in [1.29, 1.82) is 0 Å². The van der Waals surface area contributed by atoms with E-state index in [1.807, 2.05) is 17.5 Å². The molecule has 3 amide bonds. The maximum Gasteiger partial charge on any atom is 0.251 e. The zero-order chi connectivity index (χ0) is 18.5. The Morgan fingerprint density at radius 1 is 1.07 bits per heavy atom. The number of thiophene rings is 1. The molecule has 2 aliphatic carbocycles. The fourth-order valence-corrected chi connectivity index (χ4v) is 5.27. The van der Waals surface area contributed by atoms with Gasteiger partial charge in [0, 0.05) is 10.4 Å². The first-order chi connectivity index (χ1) is 13.1. The van der Waals surface area contributed by atoms with Crippen LogP contribution in [0.1, 0.15) is 21.7 Å². The number of anilines is 1. The quantitative estimate of drug-likeness (QED) is 0.657. The van der Waals surface area contributed by atoms with E-state index in [9.17, 15) is 14.4 Å². The van der Waals surface area contributed by atoms with Crippen LogP contribution in [0.5, 0.6) is 0 Å². The van der Waals surface area contributed by atoms with Gasteiger partial charge >= 0.3 is 0 Å². The van der Waals surface area contributed by atoms with Crippen molar-refractivity contribution in [1.82, 2.24) is 5.32 Å². The van der Waals surface area contributed by atoms with Gasteiger partial charge in [0.2, 0.25) is 11.8 Å². The average Bonchev–Trinajstić information content (AvgIpc) is 3.45. The van der Waals surface area contributed by atoms with E-state index in [2.05, 4.69) is 17.5 Å². The van der Waals surface area contributed by atoms with Crippen LogP contribution in [0.3, 0.4) is 0 Å². The van der Waals surface area contributed by atoms with E-state index in [4.69, 9.17) is 0 Å². The molecule has 2 bridgehead atoms. The molecule has 1 aliphatic heterocycles. The van der Waals surface area contributed by atoms with Crippen LogP contribution < -0.4 is 10.2 Å². The monoisotopic (exact) mass is 378 g/mol. The molecule has 5 rings (SSSR count). The smallest absolute Gasteiger partial charge is 0.251 e. The van der Waals surface area contributed by atoms with Gasteiger partial charge in [-0.1, -0.05) is 24.3 Å². The molecular formula is C21H18N2O3S. The van der Waals surface area contributed by atoms with Gasteiger partial charge in [0.1, 0.15) is 0 Å². The molecule has 27 heavy (non-hydrogen) atoms. The van der Waals surface area contributed by atoms with Gasteiger partial charge in [-0.2, -0.15) is 0 Å². The molecule has 0 radical (unpaired) electrons. The minimum atomic E-state index is -0.233. The number of nitrogens with zero attached hydrogens (tertiary/aromatic N) is 1. The number of carbonyl (C=O) groups excluding carboxylic acids is 3. The molecule has 5 nitrogen and oxygen atoms in total. The van der Waals surface area contributed by atoms with E-state index in [0.29, 0.717) is 17.8 Å². The number of fused-ring (bicyclic) bond motifs is 5. The standard InChI is InChI=1S/C21H18N2O3S/c24-19(22-11-16-5-2-8-27-16)14-3-1-4-15(10-14)23-20(25)17-12-6-7-13(9-12)18(17)21(23)26/h1-8,10,12-13,17-18H,9,11H2,(H,22,24)/t12-,13-,17-,18-/m0/s1. The molecule has 2 heterocycles. The summed E-state index contributed by atoms with van der Waals surface area (Å²) in [4.78, 5) is 40.7. The fraction of sp³-hybridized carbons (Fsp3) is 0.286. The lowest BCUT2D eigenvalue weighted by molar-refractivity contribution is -0.123. The van der Waals surface area contributed by atoms with E-state index >= 15 is 0 Å². The summed E-state index contributed by atoms with van der Waals surface area (Å²) in [5, 5.41) is 4.84. The highest BCUT2D eigenvalue weighted by molar-refractivity contribution is 7.09. The molecule has 0 unspecified atom stereocenters. The maximum absolute atomic E-state index is 12.9. The molecule has 4 atom stereocenters. The largest absolute Gasteiger partial charge is 0.347 e. The number of hydrogen-bond donors (Lipinski definition) is 1. The third-order valence-electron chi connectivity index (χ3n) is 5.84. The molecule has 0 spiro atoms. The van der Waals surface area contributed by atoms with Crippen molar-refractivity contribution in [2.24, 2.45) is 23.7 Å². The average molecular weight is 378 g/mol. The molecule has 1 saturated heterocycles. The molecule has 1 aromatic heterocycles. The second kappa shape index (κ2) is 6.16. The second-order valence-corrected chi connectivity index (χ2v) is 8.36. The Balaban J connectivity index is 1.37. The number of rotatable bonds is 4. The van der Waals surface area contributed by atoms with E-state index in [1.54, 1.807) is 35.6 Å². The van der Waals surface area contributed by atoms with Crippen LogP contribution in [-0.2, 0) is 16.1 Å². The van der Waals surface area contributed by atoms with Crippen molar-refractivity contribution >= 4 is 34.7 Å². The SMILES string of the molecule is O=C(NCc1cccs1)c1cccc(N2C(=O)[C@@H]3[C@@H](C2=O)[C@H]2C=C[C@H]3C2)c1. The second-order valence-electron chi connectivity index (χ2n) is 7.32. The summed E-state index contributed by atoms with van der Waals surface area (Å²) in [6.45, 7) is 0.460. The summed E-state index contributed by atoms with van der Waals surface area (Å²) in [6.07, 6.45) is 5.07. The predicted molar refractivity (Wildman–Crippen MR) is 102 cm³/mol. The zero-order valence-electron chi connectivity index (χ0n) is 14.5. The first-order valence-electron chi connectivity index (χ1n) is 9.10. The lowest BCUT2D eigenvalue weighted by atomic mass is 9.85. The van der Waals surface area contributed by atoms with Crippen LogP contribution in [-0.4, -0.2) is 17.7 Å². The number of imide groups is 1. The van der Waals surface area contributed by atoms with E-state index in [-0.39, 0.29) is 41.4 Å². The minimum absolute atomic E-state index is 0.127. The van der Waals surface area contributed by atoms with Gasteiger partial charge in [-0.25, -0.2) is 4.90 Å². The fourth-order valence-electron chi connectivity index (χ4n) is 4.63. The molecule has 2 fully saturated rings. The van der Waals surface area contributed by atoms with E-state index in [0.717, 1.165) is 11.3 Å². The number of amides is 3. The topological polar surface area (TPSA) is 66.5 Å². The number of allylic oxidation sites excluding steroid dienone is 2. The number of benzene rings is 1. The van der Waals surface area contributed by atoms with E-state index in [1.165, 1.54) is 4.90 Å². The summed E-state index contributed by atoms with van der Waals surface area (Å²) in [5.74, 6) is -0.577.